The molecule has 1 heterocycles. The number of ether oxygens (including phenoxy) is 2. The maximum absolute atomic E-state index is 12.1. The van der Waals surface area contributed by atoms with Gasteiger partial charge < -0.3 is 14.8 Å². The van der Waals surface area contributed by atoms with Crippen molar-refractivity contribution in [3.63, 3.8) is 0 Å². The average Bonchev–Trinajstić information content (AvgIpc) is 2.99. The van der Waals surface area contributed by atoms with Gasteiger partial charge in [-0.2, -0.15) is 0 Å². The van der Waals surface area contributed by atoms with Gasteiger partial charge in [-0.3, -0.25) is 4.79 Å². The van der Waals surface area contributed by atoms with Crippen molar-refractivity contribution in [1.29, 1.82) is 0 Å². The minimum atomic E-state index is -0.0440. The zero-order valence-electron chi connectivity index (χ0n) is 11.8. The fourth-order valence-electron chi connectivity index (χ4n) is 2.10. The Morgan fingerprint density at radius 2 is 2.35 bits per heavy atom. The molecule has 20 heavy (non-hydrogen) atoms. The number of thioether (sulfide) groups is 1. The number of amides is 1. The van der Waals surface area contributed by atoms with E-state index in [4.69, 9.17) is 9.47 Å². The van der Waals surface area contributed by atoms with Crippen LogP contribution in [0.25, 0.3) is 0 Å². The smallest absolute Gasteiger partial charge is 0.252 e. The van der Waals surface area contributed by atoms with Crippen LogP contribution in [0.15, 0.2) is 29.2 Å². The molecule has 1 aromatic carbocycles. The predicted molar refractivity (Wildman–Crippen MR) is 80.3 cm³/mol. The van der Waals surface area contributed by atoms with E-state index >= 15 is 0 Å². The molecular formula is C15H21NO3S. The summed E-state index contributed by atoms with van der Waals surface area (Å²) in [4.78, 5) is 13.1. The van der Waals surface area contributed by atoms with Gasteiger partial charge in [0.15, 0.2) is 0 Å². The normalized spacial score (nSPS) is 18.1. The van der Waals surface area contributed by atoms with Gasteiger partial charge >= 0.3 is 0 Å². The lowest BCUT2D eigenvalue weighted by Crippen LogP contribution is -2.27. The van der Waals surface area contributed by atoms with E-state index in [0.29, 0.717) is 19.3 Å². The number of carbonyl (C=O) groups is 1. The van der Waals surface area contributed by atoms with Gasteiger partial charge in [-0.15, -0.1) is 11.8 Å². The minimum absolute atomic E-state index is 0.0440. The van der Waals surface area contributed by atoms with Crippen LogP contribution < -0.4 is 5.32 Å². The number of nitrogens with one attached hydrogen (secondary N) is 1. The van der Waals surface area contributed by atoms with Crippen LogP contribution in [0.5, 0.6) is 0 Å². The first-order valence-corrected chi connectivity index (χ1v) is 7.90. The first kappa shape index (κ1) is 15.4. The molecule has 0 saturated carbocycles. The summed E-state index contributed by atoms with van der Waals surface area (Å²) in [7, 11) is 1.62. The molecule has 110 valence electrons. The van der Waals surface area contributed by atoms with Crippen LogP contribution in [-0.2, 0) is 9.47 Å². The highest BCUT2D eigenvalue weighted by molar-refractivity contribution is 7.99. The summed E-state index contributed by atoms with van der Waals surface area (Å²) in [5.74, 6) is 0.861. The maximum Gasteiger partial charge on any atom is 0.252 e. The first-order chi connectivity index (χ1) is 9.81. The van der Waals surface area contributed by atoms with Gasteiger partial charge in [-0.05, 0) is 25.0 Å². The summed E-state index contributed by atoms with van der Waals surface area (Å²) >= 11 is 1.69. The molecule has 1 fully saturated rings. The third kappa shape index (κ3) is 4.51. The third-order valence-electron chi connectivity index (χ3n) is 3.17. The third-order valence-corrected chi connectivity index (χ3v) is 4.38. The van der Waals surface area contributed by atoms with E-state index < -0.39 is 0 Å². The number of rotatable bonds is 7. The summed E-state index contributed by atoms with van der Waals surface area (Å²) in [6, 6.07) is 7.70. The number of carbonyl (C=O) groups excluding carboxylic acids is 1. The Morgan fingerprint density at radius 1 is 1.50 bits per heavy atom. The van der Waals surface area contributed by atoms with Gasteiger partial charge in [-0.25, -0.2) is 0 Å². The molecule has 1 aliphatic rings. The van der Waals surface area contributed by atoms with Crippen molar-refractivity contribution < 1.29 is 14.3 Å². The van der Waals surface area contributed by atoms with Crippen LogP contribution >= 0.6 is 11.8 Å². The maximum atomic E-state index is 12.1. The van der Waals surface area contributed by atoms with E-state index in [0.717, 1.165) is 35.7 Å². The predicted octanol–water partition coefficient (Wildman–Crippen LogP) is 2.33. The topological polar surface area (TPSA) is 47.6 Å². The van der Waals surface area contributed by atoms with Gasteiger partial charge in [0.25, 0.3) is 5.91 Å². The highest BCUT2D eigenvalue weighted by Gasteiger charge is 2.17. The quantitative estimate of drug-likeness (QED) is 0.619. The van der Waals surface area contributed by atoms with Crippen LogP contribution in [0.1, 0.15) is 23.2 Å². The highest BCUT2D eigenvalue weighted by Crippen LogP contribution is 2.26. The van der Waals surface area contributed by atoms with E-state index in [-0.39, 0.29) is 5.91 Å². The molecule has 0 bridgehead atoms. The molecular weight excluding hydrogens is 274 g/mol. The molecule has 1 aliphatic heterocycles. The van der Waals surface area contributed by atoms with Crippen molar-refractivity contribution in [2.75, 3.05) is 32.6 Å². The Kier molecular flexibility index (Phi) is 6.36. The molecule has 1 N–H and O–H groups in total. The fraction of sp³-hybridized carbons (Fsp3) is 0.533. The molecule has 1 saturated heterocycles. The van der Waals surface area contributed by atoms with E-state index in [1.807, 2.05) is 24.3 Å². The molecule has 1 amide bonds. The van der Waals surface area contributed by atoms with Gasteiger partial charge in [0.1, 0.15) is 0 Å². The van der Waals surface area contributed by atoms with Crippen LogP contribution in [-0.4, -0.2) is 44.6 Å². The summed E-state index contributed by atoms with van der Waals surface area (Å²) in [5.41, 5.74) is 0.728. The van der Waals surface area contributed by atoms with Crippen molar-refractivity contribution >= 4 is 17.7 Å². The number of hydrogen-bond acceptors (Lipinski definition) is 4. The average molecular weight is 295 g/mol. The van der Waals surface area contributed by atoms with Crippen LogP contribution in [0.2, 0.25) is 0 Å². The lowest BCUT2D eigenvalue weighted by atomic mass is 10.2. The van der Waals surface area contributed by atoms with Crippen molar-refractivity contribution in [1.82, 2.24) is 5.32 Å². The Balaban J connectivity index is 1.92. The van der Waals surface area contributed by atoms with E-state index in [9.17, 15) is 4.79 Å². The van der Waals surface area contributed by atoms with E-state index in [1.165, 1.54) is 0 Å². The largest absolute Gasteiger partial charge is 0.383 e. The summed E-state index contributed by atoms with van der Waals surface area (Å²) in [6.07, 6.45) is 2.59. The molecule has 0 spiro atoms. The lowest BCUT2D eigenvalue weighted by molar-refractivity contribution is 0.0934. The monoisotopic (exact) mass is 295 g/mol. The second-order valence-electron chi connectivity index (χ2n) is 4.69. The Morgan fingerprint density at radius 3 is 3.10 bits per heavy atom. The van der Waals surface area contributed by atoms with Gasteiger partial charge in [0.2, 0.25) is 0 Å². The molecule has 5 heteroatoms. The molecule has 2 rings (SSSR count). The highest BCUT2D eigenvalue weighted by atomic mass is 32.2. The number of benzene rings is 1. The second kappa shape index (κ2) is 8.29. The van der Waals surface area contributed by atoms with Crippen molar-refractivity contribution in [2.24, 2.45) is 0 Å². The molecule has 1 aromatic rings. The van der Waals surface area contributed by atoms with Gasteiger partial charge in [-0.1, -0.05) is 12.1 Å². The molecule has 1 atom stereocenters. The van der Waals surface area contributed by atoms with Crippen LogP contribution in [0.4, 0.5) is 0 Å². The SMILES string of the molecule is COCCNC(=O)c1ccccc1SC[C@H]1CCCO1. The number of methoxy groups -OCH3 is 1. The van der Waals surface area contributed by atoms with Crippen molar-refractivity contribution in [3.8, 4) is 0 Å². The zero-order valence-corrected chi connectivity index (χ0v) is 12.6. The van der Waals surface area contributed by atoms with Crippen LogP contribution in [0.3, 0.4) is 0 Å². The van der Waals surface area contributed by atoms with E-state index in [1.54, 1.807) is 18.9 Å². The van der Waals surface area contributed by atoms with Gasteiger partial charge in [0, 0.05) is 30.9 Å². The molecule has 0 aliphatic carbocycles. The van der Waals surface area contributed by atoms with Crippen LogP contribution in [0, 0.1) is 0 Å². The molecule has 4 nitrogen and oxygen atoms in total. The molecule has 0 radical (unpaired) electrons. The molecule has 0 aromatic heterocycles. The summed E-state index contributed by atoms with van der Waals surface area (Å²) < 4.78 is 10.6. The van der Waals surface area contributed by atoms with Crippen molar-refractivity contribution in [2.45, 2.75) is 23.8 Å². The fourth-order valence-corrected chi connectivity index (χ4v) is 3.22. The number of hydrogen-bond donors (Lipinski definition) is 1. The summed E-state index contributed by atoms with van der Waals surface area (Å²) in [6.45, 7) is 1.92. The van der Waals surface area contributed by atoms with Crippen molar-refractivity contribution in [3.05, 3.63) is 29.8 Å². The van der Waals surface area contributed by atoms with E-state index in [2.05, 4.69) is 5.32 Å². The lowest BCUT2D eigenvalue weighted by Gasteiger charge is -2.12. The Labute approximate surface area is 124 Å². The zero-order chi connectivity index (χ0) is 14.2. The molecule has 0 unspecified atom stereocenters. The second-order valence-corrected chi connectivity index (χ2v) is 5.75. The summed E-state index contributed by atoms with van der Waals surface area (Å²) in [5, 5.41) is 2.86. The standard InChI is InChI=1S/C15H21NO3S/c1-18-10-8-16-15(17)13-6-2-3-7-14(13)20-11-12-5-4-9-19-12/h2-3,6-7,12H,4-5,8-11H2,1H3,(H,16,17)/t12-/m1/s1. The first-order valence-electron chi connectivity index (χ1n) is 6.92. The Hall–Kier alpha value is -1.04. The Bertz CT molecular complexity index is 433. The van der Waals surface area contributed by atoms with Gasteiger partial charge in [0.05, 0.1) is 18.3 Å². The minimum Gasteiger partial charge on any atom is -0.383 e.